The molecular formula is C17H21ClN2O2. The Kier molecular flexibility index (Phi) is 4.31. The first kappa shape index (κ1) is 15.6. The molecule has 1 aromatic carbocycles. The van der Waals surface area contributed by atoms with Gasteiger partial charge in [-0.25, -0.2) is 0 Å². The number of ether oxygens (including phenoxy) is 1. The van der Waals surface area contributed by atoms with Crippen molar-refractivity contribution >= 4 is 17.3 Å². The highest BCUT2D eigenvalue weighted by Crippen LogP contribution is 2.38. The van der Waals surface area contributed by atoms with Gasteiger partial charge in [0.05, 0.1) is 22.8 Å². The van der Waals surface area contributed by atoms with Crippen molar-refractivity contribution in [3.05, 3.63) is 28.8 Å². The van der Waals surface area contributed by atoms with E-state index in [9.17, 15) is 5.11 Å². The fraction of sp³-hybridized carbons (Fsp3) is 0.588. The largest absolute Gasteiger partial charge is 0.390 e. The number of hydrogen-bond donors (Lipinski definition) is 1. The van der Waals surface area contributed by atoms with Gasteiger partial charge in [-0.1, -0.05) is 11.6 Å². The Morgan fingerprint density at radius 1 is 1.50 bits per heavy atom. The molecule has 118 valence electrons. The number of rotatable bonds is 2. The van der Waals surface area contributed by atoms with E-state index in [1.54, 1.807) is 6.07 Å². The van der Waals surface area contributed by atoms with Gasteiger partial charge in [-0.3, -0.25) is 0 Å². The number of nitriles is 1. The highest BCUT2D eigenvalue weighted by molar-refractivity contribution is 6.32. The molecule has 2 aliphatic heterocycles. The summed E-state index contributed by atoms with van der Waals surface area (Å²) in [5.41, 5.74) is 0.823. The lowest BCUT2D eigenvalue weighted by molar-refractivity contribution is -0.108. The predicted octanol–water partition coefficient (Wildman–Crippen LogP) is 2.97. The first-order valence-electron chi connectivity index (χ1n) is 7.79. The lowest BCUT2D eigenvalue weighted by Gasteiger charge is -2.43. The molecule has 2 saturated heterocycles. The highest BCUT2D eigenvalue weighted by atomic mass is 35.5. The van der Waals surface area contributed by atoms with E-state index in [1.807, 2.05) is 19.1 Å². The summed E-state index contributed by atoms with van der Waals surface area (Å²) in [7, 11) is 0. The lowest BCUT2D eigenvalue weighted by Crippen LogP contribution is -2.52. The Bertz CT molecular complexity index is 597. The van der Waals surface area contributed by atoms with Gasteiger partial charge < -0.3 is 14.7 Å². The molecule has 4 nitrogen and oxygen atoms in total. The minimum absolute atomic E-state index is 0.0955. The second kappa shape index (κ2) is 6.08. The maximum absolute atomic E-state index is 10.7. The van der Waals surface area contributed by atoms with Crippen LogP contribution in [0.5, 0.6) is 0 Å². The van der Waals surface area contributed by atoms with Gasteiger partial charge in [-0.15, -0.1) is 0 Å². The molecule has 0 saturated carbocycles. The standard InChI is InChI=1S/C17H21ClN2O2/c1-17(21)6-8-22-11-14(17)16-3-2-7-20(16)13-5-4-12(10-19)15(18)9-13/h4-5,9,14,16,21H,2-3,6-8,11H2,1H3/t14-,16+,17+/m1/s1. The minimum atomic E-state index is -0.693. The van der Waals surface area contributed by atoms with Crippen LogP contribution in [0, 0.1) is 17.2 Å². The number of benzene rings is 1. The van der Waals surface area contributed by atoms with E-state index < -0.39 is 5.60 Å². The second-order valence-corrected chi connectivity index (χ2v) is 6.87. The maximum atomic E-state index is 10.7. The van der Waals surface area contributed by atoms with Crippen LogP contribution in [0.1, 0.15) is 31.7 Å². The van der Waals surface area contributed by atoms with Crippen molar-refractivity contribution in [2.75, 3.05) is 24.7 Å². The molecule has 0 radical (unpaired) electrons. The van der Waals surface area contributed by atoms with Crippen molar-refractivity contribution < 1.29 is 9.84 Å². The van der Waals surface area contributed by atoms with E-state index in [0.717, 1.165) is 25.1 Å². The summed E-state index contributed by atoms with van der Waals surface area (Å²) in [4.78, 5) is 2.31. The molecule has 22 heavy (non-hydrogen) atoms. The van der Waals surface area contributed by atoms with Crippen LogP contribution >= 0.6 is 11.6 Å². The predicted molar refractivity (Wildman–Crippen MR) is 86.1 cm³/mol. The summed E-state index contributed by atoms with van der Waals surface area (Å²) in [5.74, 6) is 0.0955. The van der Waals surface area contributed by atoms with Crippen molar-refractivity contribution in [2.24, 2.45) is 5.92 Å². The molecule has 3 atom stereocenters. The van der Waals surface area contributed by atoms with Gasteiger partial charge in [0.1, 0.15) is 6.07 Å². The van der Waals surface area contributed by atoms with Gasteiger partial charge in [0, 0.05) is 30.8 Å². The number of nitrogens with zero attached hydrogens (tertiary/aromatic N) is 2. The Hall–Kier alpha value is -1.28. The molecule has 1 N–H and O–H groups in total. The first-order valence-corrected chi connectivity index (χ1v) is 8.17. The van der Waals surface area contributed by atoms with Crippen molar-refractivity contribution in [3.8, 4) is 6.07 Å². The van der Waals surface area contributed by atoms with Gasteiger partial charge in [0.15, 0.2) is 0 Å². The van der Waals surface area contributed by atoms with Crippen LogP contribution in [0.15, 0.2) is 18.2 Å². The zero-order valence-electron chi connectivity index (χ0n) is 12.8. The number of hydrogen-bond acceptors (Lipinski definition) is 4. The monoisotopic (exact) mass is 320 g/mol. The van der Waals surface area contributed by atoms with Crippen molar-refractivity contribution in [1.29, 1.82) is 5.26 Å². The van der Waals surface area contributed by atoms with Crippen LogP contribution in [0.3, 0.4) is 0 Å². The van der Waals surface area contributed by atoms with E-state index in [1.165, 1.54) is 0 Å². The van der Waals surface area contributed by atoms with E-state index in [0.29, 0.717) is 30.2 Å². The minimum Gasteiger partial charge on any atom is -0.390 e. The normalized spacial score (nSPS) is 32.0. The molecule has 2 fully saturated rings. The van der Waals surface area contributed by atoms with Crippen molar-refractivity contribution in [2.45, 2.75) is 37.8 Å². The molecule has 0 bridgehead atoms. The van der Waals surface area contributed by atoms with E-state index in [-0.39, 0.29) is 12.0 Å². The van der Waals surface area contributed by atoms with Gasteiger partial charge in [0.2, 0.25) is 0 Å². The summed E-state index contributed by atoms with van der Waals surface area (Å²) in [6, 6.07) is 7.91. The Morgan fingerprint density at radius 2 is 2.32 bits per heavy atom. The van der Waals surface area contributed by atoms with E-state index in [2.05, 4.69) is 11.0 Å². The quantitative estimate of drug-likeness (QED) is 0.910. The summed E-state index contributed by atoms with van der Waals surface area (Å²) in [5, 5.41) is 20.2. The summed E-state index contributed by atoms with van der Waals surface area (Å²) in [6.07, 6.45) is 2.81. The molecule has 5 heteroatoms. The maximum Gasteiger partial charge on any atom is 0.101 e. The zero-order chi connectivity index (χ0) is 15.7. The van der Waals surface area contributed by atoms with Crippen molar-refractivity contribution in [1.82, 2.24) is 0 Å². The molecule has 1 aromatic rings. The molecule has 0 aromatic heterocycles. The molecule has 2 heterocycles. The Morgan fingerprint density at radius 3 is 3.00 bits per heavy atom. The van der Waals surface area contributed by atoms with Gasteiger partial charge in [-0.05, 0) is 44.4 Å². The zero-order valence-corrected chi connectivity index (χ0v) is 13.5. The van der Waals surface area contributed by atoms with Gasteiger partial charge >= 0.3 is 0 Å². The molecule has 0 aliphatic carbocycles. The Balaban J connectivity index is 1.87. The third kappa shape index (κ3) is 2.81. The molecule has 0 spiro atoms. The van der Waals surface area contributed by atoms with Gasteiger partial charge in [-0.2, -0.15) is 5.26 Å². The van der Waals surface area contributed by atoms with Crippen LogP contribution in [0.4, 0.5) is 5.69 Å². The summed E-state index contributed by atoms with van der Waals surface area (Å²) >= 11 is 6.17. The fourth-order valence-electron chi connectivity index (χ4n) is 3.68. The molecule has 2 aliphatic rings. The van der Waals surface area contributed by atoms with E-state index in [4.69, 9.17) is 21.6 Å². The highest BCUT2D eigenvalue weighted by Gasteiger charge is 2.44. The number of halogens is 1. The van der Waals surface area contributed by atoms with Crippen molar-refractivity contribution in [3.63, 3.8) is 0 Å². The lowest BCUT2D eigenvalue weighted by atomic mass is 9.79. The SMILES string of the molecule is C[C@]1(O)CCOC[C@@H]1[C@@H]1CCCN1c1ccc(C#N)c(Cl)c1. The molecular weight excluding hydrogens is 300 g/mol. The average Bonchev–Trinajstić information content (AvgIpc) is 2.95. The van der Waals surface area contributed by atoms with Crippen LogP contribution in [0.25, 0.3) is 0 Å². The molecule has 3 rings (SSSR count). The number of aliphatic hydroxyl groups is 1. The van der Waals surface area contributed by atoms with Crippen LogP contribution in [0.2, 0.25) is 5.02 Å². The Labute approximate surface area is 136 Å². The number of anilines is 1. The smallest absolute Gasteiger partial charge is 0.101 e. The average molecular weight is 321 g/mol. The second-order valence-electron chi connectivity index (χ2n) is 6.47. The molecule has 0 unspecified atom stereocenters. The third-order valence-electron chi connectivity index (χ3n) is 5.02. The topological polar surface area (TPSA) is 56.5 Å². The summed E-state index contributed by atoms with van der Waals surface area (Å²) < 4.78 is 5.62. The van der Waals surface area contributed by atoms with Crippen LogP contribution < -0.4 is 4.90 Å². The van der Waals surface area contributed by atoms with E-state index >= 15 is 0 Å². The van der Waals surface area contributed by atoms with Crippen LogP contribution in [-0.4, -0.2) is 36.5 Å². The summed E-state index contributed by atoms with van der Waals surface area (Å²) in [6.45, 7) is 4.08. The third-order valence-corrected chi connectivity index (χ3v) is 5.33. The fourth-order valence-corrected chi connectivity index (χ4v) is 3.90. The van der Waals surface area contributed by atoms with Gasteiger partial charge in [0.25, 0.3) is 0 Å². The van der Waals surface area contributed by atoms with Crippen LogP contribution in [-0.2, 0) is 4.74 Å². The molecule has 0 amide bonds. The first-order chi connectivity index (χ1) is 10.5.